The molecule has 4 heteroatoms. The van der Waals surface area contributed by atoms with Gasteiger partial charge in [0.25, 0.3) is 0 Å². The third kappa shape index (κ3) is 3.86. The van der Waals surface area contributed by atoms with E-state index in [1.807, 2.05) is 6.07 Å². The van der Waals surface area contributed by atoms with E-state index in [0.717, 1.165) is 25.1 Å². The van der Waals surface area contributed by atoms with Gasteiger partial charge in [-0.3, -0.25) is 0 Å². The van der Waals surface area contributed by atoms with Crippen LogP contribution in [0, 0.1) is 23.2 Å². The number of hydrogen-bond donors (Lipinski definition) is 2. The van der Waals surface area contributed by atoms with E-state index in [4.69, 9.17) is 22.0 Å². The number of nitrogens with one attached hydrogen (secondary N) is 1. The van der Waals surface area contributed by atoms with Gasteiger partial charge in [0.05, 0.1) is 10.6 Å². The van der Waals surface area contributed by atoms with Crippen molar-refractivity contribution >= 4 is 17.3 Å². The zero-order valence-corrected chi connectivity index (χ0v) is 11.7. The lowest BCUT2D eigenvalue weighted by Crippen LogP contribution is -2.22. The fourth-order valence-corrected chi connectivity index (χ4v) is 2.82. The summed E-state index contributed by atoms with van der Waals surface area (Å²) in [6.45, 7) is 1.26. The second-order valence-electron chi connectivity index (χ2n) is 5.26. The van der Waals surface area contributed by atoms with E-state index < -0.39 is 0 Å². The van der Waals surface area contributed by atoms with Gasteiger partial charge in [0.15, 0.2) is 0 Å². The molecule has 1 saturated carbocycles. The van der Waals surface area contributed by atoms with Crippen molar-refractivity contribution in [3.05, 3.63) is 28.8 Å². The number of anilines is 1. The second kappa shape index (κ2) is 6.79. The van der Waals surface area contributed by atoms with Crippen LogP contribution in [0.4, 0.5) is 5.69 Å². The highest BCUT2D eigenvalue weighted by Gasteiger charge is 2.20. The molecular weight excluding hydrogens is 260 g/mol. The monoisotopic (exact) mass is 278 g/mol. The molecule has 0 aliphatic heterocycles. The summed E-state index contributed by atoms with van der Waals surface area (Å²) in [6.07, 6.45) is 4.58. The average molecular weight is 279 g/mol. The van der Waals surface area contributed by atoms with Crippen LogP contribution in [-0.4, -0.2) is 18.3 Å². The molecule has 1 aliphatic rings. The zero-order valence-electron chi connectivity index (χ0n) is 10.9. The van der Waals surface area contributed by atoms with Crippen LogP contribution in [0.1, 0.15) is 31.2 Å². The molecule has 0 amide bonds. The predicted molar refractivity (Wildman–Crippen MR) is 77.2 cm³/mol. The lowest BCUT2D eigenvalue weighted by atomic mass is 9.82. The first-order chi connectivity index (χ1) is 9.22. The standard InChI is InChI=1S/C15H19ClN2O/c16-15-7-14(6-5-13(15)8-17)18-9-11-1-3-12(10-19)4-2-11/h5-7,11-12,18-19H,1-4,9-10H2/t11-,12-. The molecule has 1 aromatic carbocycles. The molecule has 2 rings (SSSR count). The van der Waals surface area contributed by atoms with Gasteiger partial charge in [-0.2, -0.15) is 5.26 Å². The van der Waals surface area contributed by atoms with Gasteiger partial charge >= 0.3 is 0 Å². The summed E-state index contributed by atoms with van der Waals surface area (Å²) in [5.41, 5.74) is 1.48. The van der Waals surface area contributed by atoms with Gasteiger partial charge in [-0.05, 0) is 55.7 Å². The summed E-state index contributed by atoms with van der Waals surface area (Å²) < 4.78 is 0. The molecule has 0 spiro atoms. The Bertz CT molecular complexity index is 462. The highest BCUT2D eigenvalue weighted by molar-refractivity contribution is 6.32. The molecule has 0 heterocycles. The Labute approximate surface area is 119 Å². The van der Waals surface area contributed by atoms with E-state index in [9.17, 15) is 0 Å². The van der Waals surface area contributed by atoms with Crippen LogP contribution in [0.25, 0.3) is 0 Å². The molecule has 0 radical (unpaired) electrons. The fraction of sp³-hybridized carbons (Fsp3) is 0.533. The van der Waals surface area contributed by atoms with Crippen LogP contribution in [0.3, 0.4) is 0 Å². The minimum atomic E-state index is 0.325. The topological polar surface area (TPSA) is 56.0 Å². The van der Waals surface area contributed by atoms with Crippen molar-refractivity contribution in [1.29, 1.82) is 5.26 Å². The molecule has 0 aromatic heterocycles. The zero-order chi connectivity index (χ0) is 13.7. The molecule has 102 valence electrons. The van der Waals surface area contributed by atoms with E-state index in [1.165, 1.54) is 12.8 Å². The molecule has 1 aliphatic carbocycles. The highest BCUT2D eigenvalue weighted by Crippen LogP contribution is 2.29. The molecule has 3 nitrogen and oxygen atoms in total. The molecule has 1 fully saturated rings. The van der Waals surface area contributed by atoms with Crippen LogP contribution in [0.2, 0.25) is 5.02 Å². The number of aliphatic hydroxyl groups excluding tert-OH is 1. The van der Waals surface area contributed by atoms with Gasteiger partial charge in [-0.25, -0.2) is 0 Å². The predicted octanol–water partition coefficient (Wildman–Crippen LogP) is 3.42. The maximum atomic E-state index is 9.11. The Morgan fingerprint density at radius 2 is 1.95 bits per heavy atom. The Morgan fingerprint density at radius 1 is 1.26 bits per heavy atom. The van der Waals surface area contributed by atoms with Crippen LogP contribution in [0.5, 0.6) is 0 Å². The largest absolute Gasteiger partial charge is 0.396 e. The summed E-state index contributed by atoms with van der Waals surface area (Å²) in [5, 5.41) is 21.8. The van der Waals surface area contributed by atoms with Crippen molar-refractivity contribution in [2.45, 2.75) is 25.7 Å². The van der Waals surface area contributed by atoms with Gasteiger partial charge in [-0.15, -0.1) is 0 Å². The molecule has 0 unspecified atom stereocenters. The first-order valence-electron chi connectivity index (χ1n) is 6.77. The van der Waals surface area contributed by atoms with E-state index in [0.29, 0.717) is 29.0 Å². The van der Waals surface area contributed by atoms with Crippen LogP contribution >= 0.6 is 11.6 Å². The number of aliphatic hydroxyl groups is 1. The summed E-state index contributed by atoms with van der Waals surface area (Å²) >= 11 is 6.00. The summed E-state index contributed by atoms with van der Waals surface area (Å²) in [7, 11) is 0. The summed E-state index contributed by atoms with van der Waals surface area (Å²) in [4.78, 5) is 0. The van der Waals surface area contributed by atoms with Crippen LogP contribution in [0.15, 0.2) is 18.2 Å². The number of nitriles is 1. The average Bonchev–Trinajstić information content (AvgIpc) is 2.46. The van der Waals surface area contributed by atoms with Crippen molar-refractivity contribution < 1.29 is 5.11 Å². The maximum absolute atomic E-state index is 9.11. The molecule has 1 aromatic rings. The molecule has 2 N–H and O–H groups in total. The van der Waals surface area contributed by atoms with Crippen molar-refractivity contribution in [2.75, 3.05) is 18.5 Å². The van der Waals surface area contributed by atoms with Gasteiger partial charge < -0.3 is 10.4 Å². The molecule has 0 atom stereocenters. The lowest BCUT2D eigenvalue weighted by molar-refractivity contribution is 0.170. The Hall–Kier alpha value is -1.24. The minimum Gasteiger partial charge on any atom is -0.396 e. The highest BCUT2D eigenvalue weighted by atomic mass is 35.5. The Morgan fingerprint density at radius 3 is 2.53 bits per heavy atom. The summed E-state index contributed by atoms with van der Waals surface area (Å²) in [5.74, 6) is 1.16. The lowest BCUT2D eigenvalue weighted by Gasteiger charge is -2.27. The molecule has 0 saturated heterocycles. The number of benzene rings is 1. The van der Waals surface area contributed by atoms with Crippen molar-refractivity contribution in [1.82, 2.24) is 0 Å². The molecular formula is C15H19ClN2O. The van der Waals surface area contributed by atoms with E-state index in [-0.39, 0.29) is 0 Å². The van der Waals surface area contributed by atoms with Crippen LogP contribution < -0.4 is 5.32 Å². The number of hydrogen-bond acceptors (Lipinski definition) is 3. The van der Waals surface area contributed by atoms with Crippen molar-refractivity contribution in [3.63, 3.8) is 0 Å². The first-order valence-corrected chi connectivity index (χ1v) is 7.15. The summed E-state index contributed by atoms with van der Waals surface area (Å²) in [6, 6.07) is 7.50. The SMILES string of the molecule is N#Cc1ccc(NC[C@H]2CC[C@H](CO)CC2)cc1Cl. The van der Waals surface area contributed by atoms with E-state index >= 15 is 0 Å². The fourth-order valence-electron chi connectivity index (χ4n) is 2.60. The number of nitrogens with zero attached hydrogens (tertiary/aromatic N) is 1. The third-order valence-electron chi connectivity index (χ3n) is 3.91. The number of rotatable bonds is 4. The van der Waals surface area contributed by atoms with Crippen molar-refractivity contribution in [2.24, 2.45) is 11.8 Å². The molecule has 19 heavy (non-hydrogen) atoms. The van der Waals surface area contributed by atoms with Gasteiger partial charge in [-0.1, -0.05) is 11.6 Å². The maximum Gasteiger partial charge on any atom is 0.101 e. The van der Waals surface area contributed by atoms with Gasteiger partial charge in [0.1, 0.15) is 6.07 Å². The van der Waals surface area contributed by atoms with Crippen LogP contribution in [-0.2, 0) is 0 Å². The third-order valence-corrected chi connectivity index (χ3v) is 4.22. The van der Waals surface area contributed by atoms with Gasteiger partial charge in [0.2, 0.25) is 0 Å². The minimum absolute atomic E-state index is 0.325. The van der Waals surface area contributed by atoms with E-state index in [1.54, 1.807) is 12.1 Å². The molecule has 0 bridgehead atoms. The Kier molecular flexibility index (Phi) is 5.07. The van der Waals surface area contributed by atoms with Gasteiger partial charge in [0, 0.05) is 18.8 Å². The quantitative estimate of drug-likeness (QED) is 0.887. The first kappa shape index (κ1) is 14.2. The van der Waals surface area contributed by atoms with E-state index in [2.05, 4.69) is 11.4 Å². The number of halogens is 1. The second-order valence-corrected chi connectivity index (χ2v) is 5.66. The Balaban J connectivity index is 1.83. The van der Waals surface area contributed by atoms with Crippen molar-refractivity contribution in [3.8, 4) is 6.07 Å². The smallest absolute Gasteiger partial charge is 0.101 e. The normalized spacial score (nSPS) is 22.8.